The van der Waals surface area contributed by atoms with Gasteiger partial charge in [-0.2, -0.15) is 0 Å². The van der Waals surface area contributed by atoms with Crippen molar-refractivity contribution < 1.29 is 4.74 Å². The van der Waals surface area contributed by atoms with Gasteiger partial charge in [0.15, 0.2) is 0 Å². The van der Waals surface area contributed by atoms with Gasteiger partial charge in [-0.1, -0.05) is 48.4 Å². The molecular formula is C24H30N4O. The van der Waals surface area contributed by atoms with Crippen molar-refractivity contribution in [1.29, 1.82) is 0 Å². The van der Waals surface area contributed by atoms with Gasteiger partial charge in [-0.05, 0) is 43.0 Å². The lowest BCUT2D eigenvalue weighted by Crippen LogP contribution is -2.19. The van der Waals surface area contributed by atoms with E-state index in [0.29, 0.717) is 6.61 Å². The third-order valence-electron chi connectivity index (χ3n) is 5.49. The molecule has 2 aromatic carbocycles. The molecule has 4 rings (SSSR count). The van der Waals surface area contributed by atoms with Crippen LogP contribution in [0.3, 0.4) is 0 Å². The second-order valence-corrected chi connectivity index (χ2v) is 7.84. The molecule has 1 aliphatic rings. The van der Waals surface area contributed by atoms with Gasteiger partial charge in [-0.15, -0.1) is 10.2 Å². The van der Waals surface area contributed by atoms with Crippen molar-refractivity contribution in [3.05, 3.63) is 76.9 Å². The minimum Gasteiger partial charge on any atom is -0.489 e. The van der Waals surface area contributed by atoms with E-state index >= 15 is 0 Å². The van der Waals surface area contributed by atoms with E-state index in [4.69, 9.17) is 4.74 Å². The number of aryl methyl sites for hydroxylation is 2. The van der Waals surface area contributed by atoms with Gasteiger partial charge in [0, 0.05) is 32.5 Å². The van der Waals surface area contributed by atoms with Crippen LogP contribution < -0.4 is 10.1 Å². The van der Waals surface area contributed by atoms with Crippen LogP contribution in [0.15, 0.2) is 48.5 Å². The zero-order valence-corrected chi connectivity index (χ0v) is 17.2. The van der Waals surface area contributed by atoms with Crippen LogP contribution in [0, 0.1) is 6.92 Å². The van der Waals surface area contributed by atoms with Gasteiger partial charge in [-0.3, -0.25) is 0 Å². The predicted molar refractivity (Wildman–Crippen MR) is 115 cm³/mol. The minimum absolute atomic E-state index is 0.598. The van der Waals surface area contributed by atoms with E-state index < -0.39 is 0 Å². The van der Waals surface area contributed by atoms with Crippen LogP contribution in [0.5, 0.6) is 5.75 Å². The molecule has 3 aromatic rings. The van der Waals surface area contributed by atoms with Crippen molar-refractivity contribution in [2.45, 2.75) is 58.7 Å². The Bertz CT molecular complexity index is 900. The Morgan fingerprint density at radius 2 is 1.72 bits per heavy atom. The molecule has 0 radical (unpaired) electrons. The Morgan fingerprint density at radius 3 is 2.55 bits per heavy atom. The summed E-state index contributed by atoms with van der Waals surface area (Å²) in [5.74, 6) is 3.19. The summed E-state index contributed by atoms with van der Waals surface area (Å²) in [6, 6.07) is 16.8. The largest absolute Gasteiger partial charge is 0.489 e. The highest BCUT2D eigenvalue weighted by Gasteiger charge is 2.13. The fraction of sp³-hybridized carbons (Fsp3) is 0.417. The molecule has 5 nitrogen and oxygen atoms in total. The second-order valence-electron chi connectivity index (χ2n) is 7.84. The zero-order valence-electron chi connectivity index (χ0n) is 17.2. The first-order valence-corrected chi connectivity index (χ1v) is 10.7. The van der Waals surface area contributed by atoms with E-state index in [-0.39, 0.29) is 0 Å². The van der Waals surface area contributed by atoms with Crippen LogP contribution in [-0.4, -0.2) is 21.3 Å². The van der Waals surface area contributed by atoms with Gasteiger partial charge in [-0.25, -0.2) is 0 Å². The molecule has 0 saturated heterocycles. The average molecular weight is 391 g/mol. The fourth-order valence-corrected chi connectivity index (χ4v) is 3.72. The average Bonchev–Trinajstić information content (AvgIpc) is 2.97. The standard InChI is InChI=1S/C24H30N4O/c1-19-6-8-21(9-7-19)18-29-22-12-10-20(11-13-22)17-25-15-14-24-27-26-23-5-3-2-4-16-28(23)24/h6-13,25H,2-5,14-18H2,1H3. The van der Waals surface area contributed by atoms with Gasteiger partial charge in [0.1, 0.15) is 24.0 Å². The first-order chi connectivity index (χ1) is 14.3. The maximum atomic E-state index is 5.89. The number of fused-ring (bicyclic) bond motifs is 1. The molecule has 1 aliphatic heterocycles. The molecule has 5 heteroatoms. The number of benzene rings is 2. The van der Waals surface area contributed by atoms with E-state index in [0.717, 1.165) is 44.0 Å². The van der Waals surface area contributed by atoms with E-state index in [1.807, 2.05) is 12.1 Å². The van der Waals surface area contributed by atoms with Gasteiger partial charge < -0.3 is 14.6 Å². The van der Waals surface area contributed by atoms with Crippen LogP contribution in [0.2, 0.25) is 0 Å². The summed E-state index contributed by atoms with van der Waals surface area (Å²) in [6.07, 6.45) is 5.76. The molecule has 0 fully saturated rings. The molecule has 29 heavy (non-hydrogen) atoms. The molecule has 2 heterocycles. The van der Waals surface area contributed by atoms with E-state index in [1.165, 1.54) is 41.8 Å². The molecular weight excluding hydrogens is 360 g/mol. The van der Waals surface area contributed by atoms with E-state index in [2.05, 4.69) is 63.4 Å². The van der Waals surface area contributed by atoms with Crippen molar-refractivity contribution in [3.8, 4) is 5.75 Å². The van der Waals surface area contributed by atoms with Crippen LogP contribution in [0.1, 0.15) is 47.6 Å². The highest BCUT2D eigenvalue weighted by Crippen LogP contribution is 2.16. The number of nitrogens with one attached hydrogen (secondary N) is 1. The summed E-state index contributed by atoms with van der Waals surface area (Å²) in [5.41, 5.74) is 3.71. The Balaban J connectivity index is 1.20. The molecule has 152 valence electrons. The van der Waals surface area contributed by atoms with Gasteiger partial charge in [0.25, 0.3) is 0 Å². The Morgan fingerprint density at radius 1 is 0.931 bits per heavy atom. The Kier molecular flexibility index (Phi) is 6.57. The third kappa shape index (κ3) is 5.45. The highest BCUT2D eigenvalue weighted by molar-refractivity contribution is 5.28. The van der Waals surface area contributed by atoms with Crippen LogP contribution in [0.25, 0.3) is 0 Å². The smallest absolute Gasteiger partial charge is 0.134 e. The van der Waals surface area contributed by atoms with Gasteiger partial charge in [0.2, 0.25) is 0 Å². The number of nitrogens with zero attached hydrogens (tertiary/aromatic N) is 3. The van der Waals surface area contributed by atoms with Crippen LogP contribution in [0.4, 0.5) is 0 Å². The predicted octanol–water partition coefficient (Wildman–Crippen LogP) is 4.22. The molecule has 0 unspecified atom stereocenters. The lowest BCUT2D eigenvalue weighted by molar-refractivity contribution is 0.306. The van der Waals surface area contributed by atoms with Gasteiger partial charge in [0.05, 0.1) is 0 Å². The number of ether oxygens (including phenoxy) is 1. The van der Waals surface area contributed by atoms with Gasteiger partial charge >= 0.3 is 0 Å². The number of rotatable bonds is 8. The molecule has 0 bridgehead atoms. The summed E-state index contributed by atoms with van der Waals surface area (Å²) in [6.45, 7) is 5.52. The normalized spacial score (nSPS) is 13.7. The topological polar surface area (TPSA) is 52.0 Å². The summed E-state index contributed by atoms with van der Waals surface area (Å²) in [7, 11) is 0. The monoisotopic (exact) mass is 390 g/mol. The van der Waals surface area contributed by atoms with Crippen LogP contribution in [-0.2, 0) is 32.5 Å². The molecule has 0 amide bonds. The summed E-state index contributed by atoms with van der Waals surface area (Å²) >= 11 is 0. The van der Waals surface area contributed by atoms with Crippen molar-refractivity contribution in [2.24, 2.45) is 0 Å². The number of hydrogen-bond acceptors (Lipinski definition) is 4. The second kappa shape index (κ2) is 9.70. The molecule has 0 saturated carbocycles. The minimum atomic E-state index is 0.598. The van der Waals surface area contributed by atoms with Crippen molar-refractivity contribution in [3.63, 3.8) is 0 Å². The van der Waals surface area contributed by atoms with Crippen LogP contribution >= 0.6 is 0 Å². The first kappa shape index (κ1) is 19.6. The first-order valence-electron chi connectivity index (χ1n) is 10.7. The lowest BCUT2D eigenvalue weighted by Gasteiger charge is -2.09. The lowest BCUT2D eigenvalue weighted by atomic mass is 10.2. The Labute approximate surface area is 173 Å². The highest BCUT2D eigenvalue weighted by atomic mass is 16.5. The van der Waals surface area contributed by atoms with E-state index in [1.54, 1.807) is 0 Å². The maximum absolute atomic E-state index is 5.89. The summed E-state index contributed by atoms with van der Waals surface area (Å²) in [4.78, 5) is 0. The molecule has 0 atom stereocenters. The quantitative estimate of drug-likeness (QED) is 0.585. The molecule has 1 aromatic heterocycles. The van der Waals surface area contributed by atoms with Crippen molar-refractivity contribution in [1.82, 2.24) is 20.1 Å². The molecule has 0 spiro atoms. The fourth-order valence-electron chi connectivity index (χ4n) is 3.72. The molecule has 1 N–H and O–H groups in total. The zero-order chi connectivity index (χ0) is 19.9. The maximum Gasteiger partial charge on any atom is 0.134 e. The number of hydrogen-bond donors (Lipinski definition) is 1. The Hall–Kier alpha value is -2.66. The number of aromatic nitrogens is 3. The SMILES string of the molecule is Cc1ccc(COc2ccc(CNCCc3nnc4n3CCCCC4)cc2)cc1. The van der Waals surface area contributed by atoms with Crippen molar-refractivity contribution in [2.75, 3.05) is 6.54 Å². The third-order valence-corrected chi connectivity index (χ3v) is 5.49. The van der Waals surface area contributed by atoms with Crippen molar-refractivity contribution >= 4 is 0 Å². The summed E-state index contributed by atoms with van der Waals surface area (Å²) < 4.78 is 8.21. The summed E-state index contributed by atoms with van der Waals surface area (Å²) in [5, 5.41) is 12.3. The van der Waals surface area contributed by atoms with E-state index in [9.17, 15) is 0 Å². The molecule has 0 aliphatic carbocycles.